The van der Waals surface area contributed by atoms with E-state index in [1.807, 2.05) is 0 Å². The van der Waals surface area contributed by atoms with E-state index in [1.165, 1.54) is 18.7 Å². The molecule has 1 aromatic heterocycles. The molecule has 0 unspecified atom stereocenters. The van der Waals surface area contributed by atoms with E-state index in [0.717, 1.165) is 0 Å². The van der Waals surface area contributed by atoms with Crippen LogP contribution in [0.15, 0.2) is 30.5 Å². The van der Waals surface area contributed by atoms with Crippen LogP contribution in [-0.2, 0) is 49.6 Å². The number of fused-ring (bicyclic) bond motifs is 1. The number of thioether (sulfide) groups is 1. The van der Waals surface area contributed by atoms with Crippen LogP contribution < -0.4 is 43.0 Å². The number of para-hydroxylation sites is 1. The lowest BCUT2D eigenvalue weighted by atomic mass is 10.00. The second-order valence-electron chi connectivity index (χ2n) is 15.7. The first kappa shape index (κ1) is 52.4. The van der Waals surface area contributed by atoms with Gasteiger partial charge in [-0.2, -0.15) is 11.8 Å². The fourth-order valence-corrected chi connectivity index (χ4v) is 6.61. The summed E-state index contributed by atoms with van der Waals surface area (Å²) in [4.78, 5) is 120. The lowest BCUT2D eigenvalue weighted by molar-refractivity contribution is -0.143. The number of benzene rings is 1. The fraction of sp³-hybridized carbons (Fsp3) is 0.575. The maximum absolute atomic E-state index is 14.1. The molecule has 62 heavy (non-hydrogen) atoms. The zero-order valence-corrected chi connectivity index (χ0v) is 36.6. The summed E-state index contributed by atoms with van der Waals surface area (Å²) < 4.78 is 0. The summed E-state index contributed by atoms with van der Waals surface area (Å²) in [5.74, 6) is -8.94. The minimum absolute atomic E-state index is 0.0274. The third-order valence-electron chi connectivity index (χ3n) is 9.32. The van der Waals surface area contributed by atoms with Crippen molar-refractivity contribution in [2.24, 2.45) is 17.6 Å². The number of aromatic nitrogens is 1. The Morgan fingerprint density at radius 1 is 0.677 bits per heavy atom. The van der Waals surface area contributed by atoms with Gasteiger partial charge < -0.3 is 63.3 Å². The number of nitrogens with two attached hydrogens (primary N) is 1. The van der Waals surface area contributed by atoms with Crippen molar-refractivity contribution in [3.8, 4) is 0 Å². The van der Waals surface area contributed by atoms with Crippen molar-refractivity contribution in [2.45, 2.75) is 109 Å². The summed E-state index contributed by atoms with van der Waals surface area (Å²) in [5.41, 5.74) is 6.79. The molecule has 21 nitrogen and oxygen atoms in total. The fourth-order valence-electron chi connectivity index (χ4n) is 6.14. The summed E-state index contributed by atoms with van der Waals surface area (Å²) in [7, 11) is 0. The number of carbonyl (C=O) groups is 9. The molecule has 344 valence electrons. The van der Waals surface area contributed by atoms with Crippen LogP contribution in [0, 0.1) is 11.8 Å². The molecule has 2 aromatic rings. The Morgan fingerprint density at radius 3 is 1.77 bits per heavy atom. The van der Waals surface area contributed by atoms with E-state index in [4.69, 9.17) is 5.73 Å². The monoisotopic (exact) mass is 891 g/mol. The van der Waals surface area contributed by atoms with E-state index >= 15 is 0 Å². The van der Waals surface area contributed by atoms with Crippen molar-refractivity contribution in [1.29, 1.82) is 0 Å². The first-order chi connectivity index (χ1) is 29.2. The Hall–Kier alpha value is -5.74. The van der Waals surface area contributed by atoms with Gasteiger partial charge in [-0.1, -0.05) is 45.9 Å². The number of hydrogen-bond donors (Lipinski definition) is 12. The van der Waals surface area contributed by atoms with Gasteiger partial charge in [0.05, 0.1) is 25.6 Å². The standard InChI is InChI=1S/C40H61N9O12S/c1-20(2)13-27(36(56)48-29(16-33(52)53)38(58)45-26(11-12-62-6)35(55)49-30(40(60)61)14-21(3)4)46-37(57)28(15-23-17-42-25-10-8-7-9-24(23)25)47-39(59)31(19-50)44-32(51)18-43-34(54)22(5)41/h7-10,17,20-22,26-31,42,50H,11-16,18-19,41H2,1-6H3,(H,43,54)(H,44,51)(H,45,58)(H,46,57)(H,47,59)(H,48,56)(H,49,55)(H,52,53)(H,60,61)/t22-,26-,27-,28-,29-,30-,31-/m0/s1. The van der Waals surface area contributed by atoms with Crippen LogP contribution in [0.3, 0.4) is 0 Å². The molecule has 1 heterocycles. The number of aliphatic hydroxyl groups is 1. The highest BCUT2D eigenvalue weighted by Crippen LogP contribution is 2.20. The Bertz CT molecular complexity index is 1890. The predicted molar refractivity (Wildman–Crippen MR) is 229 cm³/mol. The van der Waals surface area contributed by atoms with Gasteiger partial charge in [-0.05, 0) is 61.7 Å². The molecule has 0 aliphatic heterocycles. The van der Waals surface area contributed by atoms with E-state index in [2.05, 4.69) is 42.2 Å². The SMILES string of the molecule is CSCC[C@H](NC(=O)[C@H](CC(=O)O)NC(=O)[C@H](CC(C)C)NC(=O)[C@H](Cc1c[nH]c2ccccc12)NC(=O)[C@H](CO)NC(=O)CNC(=O)[C@H](C)N)C(=O)N[C@@H](CC(C)C)C(=O)O. The molecular weight excluding hydrogens is 831 g/mol. The number of nitrogens with one attached hydrogen (secondary N) is 8. The molecule has 13 N–H and O–H groups in total. The maximum Gasteiger partial charge on any atom is 0.326 e. The molecule has 0 spiro atoms. The van der Waals surface area contributed by atoms with Crippen molar-refractivity contribution in [1.82, 2.24) is 42.2 Å². The normalized spacial score (nSPS) is 14.6. The van der Waals surface area contributed by atoms with E-state index in [0.29, 0.717) is 22.2 Å². The van der Waals surface area contributed by atoms with Crippen LogP contribution in [0.4, 0.5) is 0 Å². The van der Waals surface area contributed by atoms with E-state index in [9.17, 15) is 58.5 Å². The molecule has 0 radical (unpaired) electrons. The third-order valence-corrected chi connectivity index (χ3v) is 9.96. The topological polar surface area (TPSA) is 340 Å². The predicted octanol–water partition coefficient (Wildman–Crippen LogP) is -1.52. The van der Waals surface area contributed by atoms with Crippen LogP contribution in [0.5, 0.6) is 0 Å². The van der Waals surface area contributed by atoms with Gasteiger partial charge in [-0.3, -0.25) is 38.4 Å². The molecule has 0 aliphatic carbocycles. The summed E-state index contributed by atoms with van der Waals surface area (Å²) in [6, 6.07) is -2.53. The number of aliphatic hydroxyl groups excluding tert-OH is 1. The molecule has 7 atom stereocenters. The third kappa shape index (κ3) is 17.7. The molecule has 1 aromatic carbocycles. The van der Waals surface area contributed by atoms with Crippen molar-refractivity contribution < 1.29 is 58.5 Å². The molecule has 0 fully saturated rings. The highest BCUT2D eigenvalue weighted by Gasteiger charge is 2.35. The number of H-pyrrole nitrogens is 1. The molecule has 0 saturated carbocycles. The van der Waals surface area contributed by atoms with Gasteiger partial charge in [0.15, 0.2) is 0 Å². The number of carboxylic acids is 2. The van der Waals surface area contributed by atoms with Gasteiger partial charge >= 0.3 is 11.9 Å². The van der Waals surface area contributed by atoms with Crippen LogP contribution >= 0.6 is 11.8 Å². The number of carbonyl (C=O) groups excluding carboxylic acids is 7. The number of hydrogen-bond acceptors (Lipinski definition) is 12. The van der Waals surface area contributed by atoms with Crippen molar-refractivity contribution in [2.75, 3.05) is 25.2 Å². The van der Waals surface area contributed by atoms with Crippen LogP contribution in [0.25, 0.3) is 10.9 Å². The van der Waals surface area contributed by atoms with E-state index in [1.54, 1.807) is 64.4 Å². The highest BCUT2D eigenvalue weighted by molar-refractivity contribution is 7.98. The quantitative estimate of drug-likeness (QED) is 0.0485. The lowest BCUT2D eigenvalue weighted by Crippen LogP contribution is -2.60. The first-order valence-electron chi connectivity index (χ1n) is 20.1. The molecule has 0 bridgehead atoms. The number of rotatable bonds is 27. The van der Waals surface area contributed by atoms with Crippen molar-refractivity contribution in [3.05, 3.63) is 36.0 Å². The van der Waals surface area contributed by atoms with Crippen molar-refractivity contribution in [3.63, 3.8) is 0 Å². The first-order valence-corrected chi connectivity index (χ1v) is 21.5. The van der Waals surface area contributed by atoms with E-state index < -0.39 is 115 Å². The Kier molecular flexibility index (Phi) is 21.9. The van der Waals surface area contributed by atoms with E-state index in [-0.39, 0.29) is 37.5 Å². The van der Waals surface area contributed by atoms with Crippen LogP contribution in [-0.4, -0.2) is 141 Å². The molecule has 0 aliphatic rings. The average molecular weight is 892 g/mol. The minimum atomic E-state index is -1.75. The van der Waals surface area contributed by atoms with Crippen molar-refractivity contribution >= 4 is 76.0 Å². The Morgan fingerprint density at radius 2 is 1.19 bits per heavy atom. The Balaban J connectivity index is 2.40. The smallest absolute Gasteiger partial charge is 0.326 e. The summed E-state index contributed by atoms with van der Waals surface area (Å²) in [5, 5.41) is 47.1. The number of amides is 7. The van der Waals surface area contributed by atoms with Gasteiger partial charge in [-0.25, -0.2) is 4.79 Å². The maximum atomic E-state index is 14.1. The molecule has 22 heteroatoms. The second kappa shape index (κ2) is 25.9. The summed E-state index contributed by atoms with van der Waals surface area (Å²) in [6.45, 7) is 6.96. The minimum Gasteiger partial charge on any atom is -0.481 e. The zero-order chi connectivity index (χ0) is 46.7. The number of aliphatic carboxylic acids is 2. The second-order valence-corrected chi connectivity index (χ2v) is 16.6. The summed E-state index contributed by atoms with van der Waals surface area (Å²) in [6.07, 6.45) is 2.41. The van der Waals surface area contributed by atoms with Gasteiger partial charge in [0.25, 0.3) is 0 Å². The summed E-state index contributed by atoms with van der Waals surface area (Å²) >= 11 is 1.34. The number of carboxylic acid groups (broad SMARTS) is 2. The lowest BCUT2D eigenvalue weighted by Gasteiger charge is -2.27. The zero-order valence-electron chi connectivity index (χ0n) is 35.7. The molecule has 0 saturated heterocycles. The highest BCUT2D eigenvalue weighted by atomic mass is 32.2. The van der Waals surface area contributed by atoms with Crippen LogP contribution in [0.1, 0.15) is 65.9 Å². The molecule has 2 rings (SSSR count). The van der Waals surface area contributed by atoms with Gasteiger partial charge in [-0.15, -0.1) is 0 Å². The van der Waals surface area contributed by atoms with Crippen LogP contribution in [0.2, 0.25) is 0 Å². The van der Waals surface area contributed by atoms with Gasteiger partial charge in [0, 0.05) is 23.5 Å². The average Bonchev–Trinajstić information content (AvgIpc) is 3.60. The van der Waals surface area contributed by atoms with Gasteiger partial charge in [0.2, 0.25) is 41.4 Å². The number of aromatic amines is 1. The largest absolute Gasteiger partial charge is 0.481 e. The molecular formula is C40H61N9O12S. The van der Waals surface area contributed by atoms with Gasteiger partial charge in [0.1, 0.15) is 36.3 Å². The molecule has 7 amide bonds. The Labute approximate surface area is 363 Å².